The van der Waals surface area contributed by atoms with Gasteiger partial charge in [-0.05, 0) is 0 Å². The highest BCUT2D eigenvalue weighted by Gasteiger charge is 1.99. The van der Waals surface area contributed by atoms with Gasteiger partial charge in [0, 0.05) is 18.1 Å². The molecule has 0 radical (unpaired) electrons. The summed E-state index contributed by atoms with van der Waals surface area (Å²) >= 11 is 1.18. The van der Waals surface area contributed by atoms with Gasteiger partial charge in [0.05, 0.1) is 12.7 Å². The molecule has 2 N–H and O–H groups in total. The van der Waals surface area contributed by atoms with E-state index in [0.29, 0.717) is 18.9 Å². The van der Waals surface area contributed by atoms with Crippen molar-refractivity contribution in [3.05, 3.63) is 27.4 Å². The molecule has 14 heavy (non-hydrogen) atoms. The summed E-state index contributed by atoms with van der Waals surface area (Å²) in [5, 5.41) is 9.58. The molecule has 6 nitrogen and oxygen atoms in total. The Bertz CT molecular complexity index is 470. The van der Waals surface area contributed by atoms with Crippen LogP contribution in [0.5, 0.6) is 0 Å². The van der Waals surface area contributed by atoms with Crippen LogP contribution in [0.2, 0.25) is 0 Å². The highest BCUT2D eigenvalue weighted by molar-refractivity contribution is 7.07. The van der Waals surface area contributed by atoms with Gasteiger partial charge in [0.2, 0.25) is 0 Å². The van der Waals surface area contributed by atoms with Gasteiger partial charge in [0.15, 0.2) is 5.82 Å². The number of thiazole rings is 1. The van der Waals surface area contributed by atoms with Crippen LogP contribution >= 0.6 is 11.3 Å². The van der Waals surface area contributed by atoms with E-state index in [4.69, 9.17) is 5.73 Å². The minimum Gasteiger partial charge on any atom is -0.381 e. The van der Waals surface area contributed by atoms with E-state index in [2.05, 4.69) is 10.2 Å². The monoisotopic (exact) mass is 211 g/mol. The van der Waals surface area contributed by atoms with Gasteiger partial charge in [-0.3, -0.25) is 4.79 Å². The number of aryl methyl sites for hydroxylation is 2. The predicted octanol–water partition coefficient (Wildman–Crippen LogP) is -0.216. The van der Waals surface area contributed by atoms with Crippen LogP contribution in [0, 0.1) is 0 Å². The summed E-state index contributed by atoms with van der Waals surface area (Å²) in [6.07, 6.45) is 3.23. The molecule has 0 aliphatic heterocycles. The van der Waals surface area contributed by atoms with E-state index >= 15 is 0 Å². The highest BCUT2D eigenvalue weighted by atomic mass is 32.1. The SMILES string of the molecule is Nc1cnn(CCn2ccsc2=O)n1. The summed E-state index contributed by atoms with van der Waals surface area (Å²) in [6, 6.07) is 0. The van der Waals surface area contributed by atoms with Crippen LogP contribution in [-0.2, 0) is 13.1 Å². The molecule has 2 heterocycles. The first-order chi connectivity index (χ1) is 6.75. The Morgan fingerprint density at radius 2 is 2.36 bits per heavy atom. The Morgan fingerprint density at radius 1 is 1.50 bits per heavy atom. The zero-order valence-electron chi connectivity index (χ0n) is 7.33. The number of nitrogens with two attached hydrogens (primary N) is 1. The third-order valence-electron chi connectivity index (χ3n) is 1.74. The fourth-order valence-corrected chi connectivity index (χ4v) is 1.68. The van der Waals surface area contributed by atoms with E-state index in [-0.39, 0.29) is 4.87 Å². The number of aromatic nitrogens is 4. The summed E-state index contributed by atoms with van der Waals surface area (Å²) in [4.78, 5) is 12.7. The third kappa shape index (κ3) is 1.82. The van der Waals surface area contributed by atoms with E-state index in [9.17, 15) is 4.79 Å². The minimum absolute atomic E-state index is 0.0325. The molecule has 0 fully saturated rings. The van der Waals surface area contributed by atoms with Gasteiger partial charge in [-0.15, -0.1) is 5.10 Å². The molecule has 0 amide bonds. The summed E-state index contributed by atoms with van der Waals surface area (Å²) in [6.45, 7) is 1.12. The van der Waals surface area contributed by atoms with Crippen molar-refractivity contribution in [1.82, 2.24) is 19.6 Å². The third-order valence-corrected chi connectivity index (χ3v) is 2.43. The topological polar surface area (TPSA) is 78.7 Å². The molecule has 2 aromatic rings. The second kappa shape index (κ2) is 3.62. The zero-order valence-corrected chi connectivity index (χ0v) is 8.15. The molecule has 0 aliphatic carbocycles. The molecule has 0 bridgehead atoms. The first-order valence-electron chi connectivity index (χ1n) is 4.05. The molecule has 7 heteroatoms. The molecule has 0 aromatic carbocycles. The van der Waals surface area contributed by atoms with Gasteiger partial charge in [-0.2, -0.15) is 9.90 Å². The van der Waals surface area contributed by atoms with Crippen LogP contribution in [0.1, 0.15) is 0 Å². The lowest BCUT2D eigenvalue weighted by Crippen LogP contribution is -2.17. The Balaban J connectivity index is 2.01. The summed E-state index contributed by atoms with van der Waals surface area (Å²) in [5.41, 5.74) is 5.40. The molecule has 0 aliphatic rings. The predicted molar refractivity (Wildman–Crippen MR) is 53.0 cm³/mol. The molecule has 0 atom stereocenters. The van der Waals surface area contributed by atoms with Crippen molar-refractivity contribution < 1.29 is 0 Å². The molecule has 0 unspecified atom stereocenters. The zero-order chi connectivity index (χ0) is 9.97. The summed E-state index contributed by atoms with van der Waals surface area (Å²) < 4.78 is 1.62. The number of nitrogen functional groups attached to an aromatic ring is 1. The van der Waals surface area contributed by atoms with Gasteiger partial charge in [0.25, 0.3) is 0 Å². The Hall–Kier alpha value is -1.63. The summed E-state index contributed by atoms with van der Waals surface area (Å²) in [7, 11) is 0. The number of rotatable bonds is 3. The maximum atomic E-state index is 11.2. The van der Waals surface area contributed by atoms with Crippen molar-refractivity contribution in [3.8, 4) is 0 Å². The van der Waals surface area contributed by atoms with E-state index < -0.39 is 0 Å². The molecule has 0 saturated heterocycles. The maximum absolute atomic E-state index is 11.2. The van der Waals surface area contributed by atoms with Crippen LogP contribution in [0.15, 0.2) is 22.6 Å². The van der Waals surface area contributed by atoms with Gasteiger partial charge in [-0.1, -0.05) is 11.3 Å². The highest BCUT2D eigenvalue weighted by Crippen LogP contribution is 1.93. The van der Waals surface area contributed by atoms with Gasteiger partial charge in [0.1, 0.15) is 0 Å². The van der Waals surface area contributed by atoms with Gasteiger partial charge in [-0.25, -0.2) is 0 Å². The molecular formula is C7H9N5OS. The van der Waals surface area contributed by atoms with Crippen LogP contribution in [-0.4, -0.2) is 19.6 Å². The Labute approximate surface area is 83.6 Å². The Morgan fingerprint density at radius 3 is 2.93 bits per heavy atom. The lowest BCUT2D eigenvalue weighted by molar-refractivity contribution is 0.479. The largest absolute Gasteiger partial charge is 0.381 e. The fourth-order valence-electron chi connectivity index (χ4n) is 1.07. The number of hydrogen-bond donors (Lipinski definition) is 1. The minimum atomic E-state index is 0.0325. The summed E-state index contributed by atoms with van der Waals surface area (Å²) in [5.74, 6) is 0.391. The average Bonchev–Trinajstić information content (AvgIpc) is 2.72. The second-order valence-electron chi connectivity index (χ2n) is 2.73. The number of anilines is 1. The second-order valence-corrected chi connectivity index (χ2v) is 3.58. The lowest BCUT2D eigenvalue weighted by Gasteiger charge is -1.99. The molecule has 74 valence electrons. The van der Waals surface area contributed by atoms with Crippen molar-refractivity contribution in [3.63, 3.8) is 0 Å². The van der Waals surface area contributed by atoms with E-state index in [1.807, 2.05) is 0 Å². The normalized spacial score (nSPS) is 10.6. The average molecular weight is 211 g/mol. The van der Waals surface area contributed by atoms with E-state index in [1.54, 1.807) is 16.1 Å². The van der Waals surface area contributed by atoms with Gasteiger partial charge >= 0.3 is 4.87 Å². The quantitative estimate of drug-likeness (QED) is 0.761. The van der Waals surface area contributed by atoms with Crippen LogP contribution < -0.4 is 10.6 Å². The molecule has 0 spiro atoms. The molecule has 2 aromatic heterocycles. The van der Waals surface area contributed by atoms with E-state index in [0.717, 1.165) is 0 Å². The standard InChI is InChI=1S/C7H9N5OS/c8-6-5-9-12(10-6)2-1-11-3-4-14-7(11)13/h3-5H,1-2H2,(H2,8,10). The van der Waals surface area contributed by atoms with E-state index in [1.165, 1.54) is 22.3 Å². The first-order valence-corrected chi connectivity index (χ1v) is 4.93. The first kappa shape index (κ1) is 8.95. The maximum Gasteiger partial charge on any atom is 0.307 e. The smallest absolute Gasteiger partial charge is 0.307 e. The van der Waals surface area contributed by atoms with Gasteiger partial charge < -0.3 is 10.3 Å². The van der Waals surface area contributed by atoms with Crippen molar-refractivity contribution in [2.75, 3.05) is 5.73 Å². The van der Waals surface area contributed by atoms with Crippen LogP contribution in [0.3, 0.4) is 0 Å². The fraction of sp³-hybridized carbons (Fsp3) is 0.286. The van der Waals surface area contributed by atoms with Crippen molar-refractivity contribution >= 4 is 17.2 Å². The van der Waals surface area contributed by atoms with Crippen molar-refractivity contribution in [2.24, 2.45) is 0 Å². The van der Waals surface area contributed by atoms with Crippen LogP contribution in [0.4, 0.5) is 5.82 Å². The molecule has 2 rings (SSSR count). The van der Waals surface area contributed by atoms with Crippen LogP contribution in [0.25, 0.3) is 0 Å². The molecule has 0 saturated carbocycles. The molecular weight excluding hydrogens is 202 g/mol. The Kier molecular flexibility index (Phi) is 2.32. The number of hydrogen-bond acceptors (Lipinski definition) is 5. The van der Waals surface area contributed by atoms with Crippen molar-refractivity contribution in [2.45, 2.75) is 13.1 Å². The number of nitrogens with zero attached hydrogens (tertiary/aromatic N) is 4. The lowest BCUT2D eigenvalue weighted by atomic mass is 10.6. The van der Waals surface area contributed by atoms with Crippen molar-refractivity contribution in [1.29, 1.82) is 0 Å².